The summed E-state index contributed by atoms with van der Waals surface area (Å²) in [5.41, 5.74) is 3.76. The van der Waals surface area contributed by atoms with Crippen molar-refractivity contribution in [1.29, 1.82) is 0 Å². The molecule has 1 aromatic carbocycles. The molecule has 39 heavy (non-hydrogen) atoms. The molecule has 1 unspecified atom stereocenters. The quantitative estimate of drug-likeness (QED) is 0.352. The average Bonchev–Trinajstić information content (AvgIpc) is 3.51. The monoisotopic (exact) mass is 530 g/mol. The molecule has 4 aromatic rings. The van der Waals surface area contributed by atoms with Crippen LogP contribution >= 0.6 is 0 Å². The summed E-state index contributed by atoms with van der Waals surface area (Å²) in [4.78, 5) is 35.3. The number of aryl methyl sites for hydroxylation is 1. The molecule has 0 fully saturated rings. The van der Waals surface area contributed by atoms with Gasteiger partial charge in [0.15, 0.2) is 5.69 Å². The van der Waals surface area contributed by atoms with Crippen molar-refractivity contribution in [1.82, 2.24) is 45.0 Å². The fourth-order valence-electron chi connectivity index (χ4n) is 4.40. The van der Waals surface area contributed by atoms with E-state index in [4.69, 9.17) is 0 Å². The van der Waals surface area contributed by atoms with Gasteiger partial charge < -0.3 is 20.6 Å². The zero-order chi connectivity index (χ0) is 27.7. The Morgan fingerprint density at radius 2 is 1.97 bits per heavy atom. The summed E-state index contributed by atoms with van der Waals surface area (Å²) in [6.45, 7) is 6.37. The van der Waals surface area contributed by atoms with Gasteiger partial charge in [-0.25, -0.2) is 19.4 Å². The molecule has 1 aliphatic rings. The number of fused-ring (bicyclic) bond motifs is 1. The van der Waals surface area contributed by atoms with Crippen LogP contribution in [0.2, 0.25) is 0 Å². The van der Waals surface area contributed by atoms with Crippen LogP contribution in [-0.4, -0.2) is 63.3 Å². The summed E-state index contributed by atoms with van der Waals surface area (Å²) in [7, 11) is 1.82. The Kier molecular flexibility index (Phi) is 6.73. The highest BCUT2D eigenvalue weighted by Crippen LogP contribution is 2.31. The molecule has 2 amide bonds. The number of benzene rings is 1. The number of rotatable bonds is 5. The van der Waals surface area contributed by atoms with Crippen LogP contribution in [0.4, 0.5) is 16.4 Å². The van der Waals surface area contributed by atoms with E-state index in [-0.39, 0.29) is 30.2 Å². The van der Waals surface area contributed by atoms with Crippen LogP contribution in [0.25, 0.3) is 11.3 Å². The average molecular weight is 531 g/mol. The second kappa shape index (κ2) is 10.2. The summed E-state index contributed by atoms with van der Waals surface area (Å²) >= 11 is 0. The minimum atomic E-state index is -1.02. The van der Waals surface area contributed by atoms with Crippen molar-refractivity contribution in [3.05, 3.63) is 65.9 Å². The first kappa shape index (κ1) is 25.8. The molecule has 202 valence electrons. The topological polar surface area (TPSA) is 156 Å². The Labute approximate surface area is 224 Å². The number of carbonyl (C=O) groups is 2. The lowest BCUT2D eigenvalue weighted by Gasteiger charge is -2.19. The molecule has 0 radical (unpaired) electrons. The molecular weight excluding hydrogens is 500 g/mol. The molecule has 5 rings (SSSR count). The highest BCUT2D eigenvalue weighted by atomic mass is 16.4. The molecule has 0 spiro atoms. The number of carboxylic acid groups (broad SMARTS) is 1. The van der Waals surface area contributed by atoms with E-state index in [9.17, 15) is 14.7 Å². The summed E-state index contributed by atoms with van der Waals surface area (Å²) in [5.74, 6) is 0.0484. The Hall–Kier alpha value is -4.81. The Morgan fingerprint density at radius 1 is 1.15 bits per heavy atom. The molecule has 1 aliphatic heterocycles. The number of hydrogen-bond donors (Lipinski definition) is 3. The number of hydrogen-bond acceptors (Lipinski definition) is 8. The van der Waals surface area contributed by atoms with Gasteiger partial charge in [-0.3, -0.25) is 9.48 Å². The zero-order valence-corrected chi connectivity index (χ0v) is 22.2. The molecule has 0 saturated heterocycles. The van der Waals surface area contributed by atoms with Gasteiger partial charge in [0.2, 0.25) is 5.95 Å². The fourth-order valence-corrected chi connectivity index (χ4v) is 4.40. The molecule has 0 bridgehead atoms. The summed E-state index contributed by atoms with van der Waals surface area (Å²) in [5, 5.41) is 28.2. The maximum absolute atomic E-state index is 13.1. The van der Waals surface area contributed by atoms with Gasteiger partial charge in [0.25, 0.3) is 5.91 Å². The van der Waals surface area contributed by atoms with Crippen LogP contribution < -0.4 is 10.6 Å². The van der Waals surface area contributed by atoms with Crippen LogP contribution in [0.1, 0.15) is 54.8 Å². The maximum atomic E-state index is 13.1. The predicted molar refractivity (Wildman–Crippen MR) is 142 cm³/mol. The standard InChI is InChI=1S/C26H30N10O3/c1-26(2,3)36-15-22(32-33-36)23(37)30-21-8-10-35(25(38)39)13-17-11-16(5-6-19(17)21)20-7-9-27-24(31-20)29-18-12-28-34(4)14-18/h5-7,9,11-12,14-15,21H,8,10,13H2,1-4H3,(H,30,37)(H,38,39)(H,27,29,31). The molecule has 3 aromatic heterocycles. The van der Waals surface area contributed by atoms with Crippen LogP contribution in [0, 0.1) is 0 Å². The van der Waals surface area contributed by atoms with E-state index in [0.717, 1.165) is 22.4 Å². The lowest BCUT2D eigenvalue weighted by atomic mass is 9.96. The first-order valence-corrected chi connectivity index (χ1v) is 12.5. The summed E-state index contributed by atoms with van der Waals surface area (Å²) in [6, 6.07) is 7.14. The minimum Gasteiger partial charge on any atom is -0.465 e. The molecule has 0 aliphatic carbocycles. The third-order valence-corrected chi connectivity index (χ3v) is 6.47. The van der Waals surface area contributed by atoms with Gasteiger partial charge >= 0.3 is 6.09 Å². The van der Waals surface area contributed by atoms with Crippen LogP contribution in [0.5, 0.6) is 0 Å². The van der Waals surface area contributed by atoms with Gasteiger partial charge in [0, 0.05) is 38.1 Å². The number of amides is 2. The number of nitrogens with zero attached hydrogens (tertiary/aromatic N) is 8. The first-order chi connectivity index (χ1) is 18.6. The normalized spacial score (nSPS) is 15.4. The van der Waals surface area contributed by atoms with Crippen molar-refractivity contribution < 1.29 is 14.7 Å². The van der Waals surface area contributed by atoms with E-state index in [1.54, 1.807) is 34.0 Å². The van der Waals surface area contributed by atoms with Gasteiger partial charge in [-0.15, -0.1) is 5.10 Å². The van der Waals surface area contributed by atoms with E-state index in [2.05, 4.69) is 36.0 Å². The van der Waals surface area contributed by atoms with Gasteiger partial charge in [0.05, 0.1) is 35.4 Å². The van der Waals surface area contributed by atoms with Gasteiger partial charge in [-0.1, -0.05) is 17.3 Å². The number of nitrogens with one attached hydrogen (secondary N) is 2. The van der Waals surface area contributed by atoms with Gasteiger partial charge in [-0.2, -0.15) is 5.10 Å². The maximum Gasteiger partial charge on any atom is 0.407 e. The summed E-state index contributed by atoms with van der Waals surface area (Å²) in [6.07, 6.45) is 6.17. The number of anilines is 2. The Bertz CT molecular complexity index is 1520. The second-order valence-corrected chi connectivity index (χ2v) is 10.4. The number of carbonyl (C=O) groups excluding carboxylic acids is 1. The van der Waals surface area contributed by atoms with Crippen molar-refractivity contribution in [2.45, 2.75) is 45.3 Å². The largest absolute Gasteiger partial charge is 0.465 e. The van der Waals surface area contributed by atoms with Gasteiger partial charge in [-0.05, 0) is 50.5 Å². The van der Waals surface area contributed by atoms with Crippen molar-refractivity contribution >= 4 is 23.6 Å². The Morgan fingerprint density at radius 3 is 2.67 bits per heavy atom. The lowest BCUT2D eigenvalue weighted by molar-refractivity contribution is 0.0928. The third kappa shape index (κ3) is 5.71. The molecule has 13 heteroatoms. The van der Waals surface area contributed by atoms with E-state index in [1.807, 2.05) is 52.2 Å². The lowest BCUT2D eigenvalue weighted by Crippen LogP contribution is -2.32. The van der Waals surface area contributed by atoms with Crippen molar-refractivity contribution in [2.24, 2.45) is 7.05 Å². The van der Waals surface area contributed by atoms with E-state index in [1.165, 1.54) is 4.90 Å². The molecule has 0 saturated carbocycles. The van der Waals surface area contributed by atoms with Crippen LogP contribution in [-0.2, 0) is 19.1 Å². The zero-order valence-electron chi connectivity index (χ0n) is 22.2. The Balaban J connectivity index is 1.43. The van der Waals surface area contributed by atoms with Crippen LogP contribution in [0.15, 0.2) is 49.1 Å². The number of aromatic nitrogens is 7. The smallest absolute Gasteiger partial charge is 0.407 e. The van der Waals surface area contributed by atoms with Crippen molar-refractivity contribution in [3.63, 3.8) is 0 Å². The van der Waals surface area contributed by atoms with E-state index >= 15 is 0 Å². The first-order valence-electron chi connectivity index (χ1n) is 12.5. The van der Waals surface area contributed by atoms with E-state index < -0.39 is 12.1 Å². The third-order valence-electron chi connectivity index (χ3n) is 6.47. The van der Waals surface area contributed by atoms with Crippen molar-refractivity contribution in [3.8, 4) is 11.3 Å². The second-order valence-electron chi connectivity index (χ2n) is 10.4. The molecule has 13 nitrogen and oxygen atoms in total. The fraction of sp³-hybridized carbons (Fsp3) is 0.346. The SMILES string of the molecule is Cn1cc(Nc2nccc(-c3ccc4c(c3)CN(C(=O)O)CCC4NC(=O)c3cn(C(C)(C)C)nn3)n2)cn1. The summed E-state index contributed by atoms with van der Waals surface area (Å²) < 4.78 is 3.31. The van der Waals surface area contributed by atoms with Crippen LogP contribution in [0.3, 0.4) is 0 Å². The molecular formula is C26H30N10O3. The molecule has 1 atom stereocenters. The predicted octanol–water partition coefficient (Wildman–Crippen LogP) is 3.32. The van der Waals surface area contributed by atoms with E-state index in [0.29, 0.717) is 18.1 Å². The molecule has 3 N–H and O–H groups in total. The highest BCUT2D eigenvalue weighted by Gasteiger charge is 2.28. The highest BCUT2D eigenvalue weighted by molar-refractivity contribution is 5.92. The molecule has 4 heterocycles. The van der Waals surface area contributed by atoms with Crippen molar-refractivity contribution in [2.75, 3.05) is 11.9 Å². The van der Waals surface area contributed by atoms with Gasteiger partial charge in [0.1, 0.15) is 0 Å². The minimum absolute atomic E-state index is 0.191.